The Bertz CT molecular complexity index is 341. The SMILES string of the molecule is Cc1ccc(S(=O)(=O)[O-])cc1.[I+]. The standard InChI is InChI=1S/C7H8O3S.I/c1-6-2-4-7(5-3-6)11(8,9)10;/h2-5H,1H3,(H,8,9,10);/q;+1/p-1. The van der Waals surface area contributed by atoms with Crippen molar-refractivity contribution in [2.45, 2.75) is 11.8 Å². The van der Waals surface area contributed by atoms with Crippen LogP contribution in [0.25, 0.3) is 0 Å². The molecule has 0 spiro atoms. The average Bonchev–Trinajstić information content (AvgIpc) is 1.86. The van der Waals surface area contributed by atoms with E-state index in [1.807, 2.05) is 6.92 Å². The molecule has 0 atom stereocenters. The molecule has 0 fully saturated rings. The lowest BCUT2D eigenvalue weighted by Gasteiger charge is -2.05. The molecule has 66 valence electrons. The van der Waals surface area contributed by atoms with Gasteiger partial charge in [-0.3, -0.25) is 0 Å². The van der Waals surface area contributed by atoms with Crippen molar-refractivity contribution in [3.8, 4) is 0 Å². The van der Waals surface area contributed by atoms with Crippen molar-refractivity contribution in [1.82, 2.24) is 0 Å². The van der Waals surface area contributed by atoms with Crippen molar-refractivity contribution in [2.24, 2.45) is 0 Å². The van der Waals surface area contributed by atoms with Gasteiger partial charge in [-0.1, -0.05) is 17.7 Å². The summed E-state index contributed by atoms with van der Waals surface area (Å²) < 4.78 is 31.2. The second kappa shape index (κ2) is 4.20. The first-order valence-corrected chi connectivity index (χ1v) is 4.43. The van der Waals surface area contributed by atoms with Crippen molar-refractivity contribution in [3.63, 3.8) is 0 Å². The zero-order chi connectivity index (χ0) is 8.48. The van der Waals surface area contributed by atoms with Gasteiger partial charge in [-0.05, 0) is 19.1 Å². The van der Waals surface area contributed by atoms with E-state index < -0.39 is 10.1 Å². The van der Waals surface area contributed by atoms with Crippen LogP contribution in [0.5, 0.6) is 0 Å². The lowest BCUT2D eigenvalue weighted by atomic mass is 10.2. The highest BCUT2D eigenvalue weighted by molar-refractivity contribution is 7.85. The zero-order valence-electron chi connectivity index (χ0n) is 6.32. The minimum atomic E-state index is -4.27. The maximum Gasteiger partial charge on any atom is 1.00 e. The Labute approximate surface area is 88.6 Å². The van der Waals surface area contributed by atoms with Crippen LogP contribution in [0.4, 0.5) is 0 Å². The van der Waals surface area contributed by atoms with E-state index in [-0.39, 0.29) is 28.9 Å². The van der Waals surface area contributed by atoms with Gasteiger partial charge in [-0.25, -0.2) is 8.42 Å². The van der Waals surface area contributed by atoms with Crippen LogP contribution in [0.1, 0.15) is 5.56 Å². The third kappa shape index (κ3) is 3.08. The molecule has 0 saturated carbocycles. The van der Waals surface area contributed by atoms with Crippen molar-refractivity contribution >= 4 is 10.1 Å². The topological polar surface area (TPSA) is 57.2 Å². The normalized spacial score (nSPS) is 10.5. The molecule has 3 nitrogen and oxygen atoms in total. The van der Waals surface area contributed by atoms with E-state index in [4.69, 9.17) is 0 Å². The number of hydrogen-bond donors (Lipinski definition) is 0. The van der Waals surface area contributed by atoms with Crippen LogP contribution in [-0.4, -0.2) is 13.0 Å². The van der Waals surface area contributed by atoms with Crippen molar-refractivity contribution < 1.29 is 36.9 Å². The van der Waals surface area contributed by atoms with Crippen LogP contribution in [0.3, 0.4) is 0 Å². The van der Waals surface area contributed by atoms with Crippen molar-refractivity contribution in [2.75, 3.05) is 0 Å². The van der Waals surface area contributed by atoms with Gasteiger partial charge < -0.3 is 4.55 Å². The monoisotopic (exact) mass is 298 g/mol. The molecule has 0 aliphatic rings. The van der Waals surface area contributed by atoms with Crippen LogP contribution >= 0.6 is 0 Å². The molecule has 0 aliphatic carbocycles. The fraction of sp³-hybridized carbons (Fsp3) is 0.143. The van der Waals surface area contributed by atoms with Crippen LogP contribution in [0, 0.1) is 6.92 Å². The number of rotatable bonds is 1. The zero-order valence-corrected chi connectivity index (χ0v) is 9.29. The predicted molar refractivity (Wildman–Crippen MR) is 39.1 cm³/mol. The third-order valence-electron chi connectivity index (χ3n) is 1.31. The first kappa shape index (κ1) is 11.9. The highest BCUT2D eigenvalue weighted by Gasteiger charge is 1.97. The summed E-state index contributed by atoms with van der Waals surface area (Å²) in [6.45, 7) is 1.82. The lowest BCUT2D eigenvalue weighted by Crippen LogP contribution is -3.00. The van der Waals surface area contributed by atoms with Gasteiger partial charge in [-0.15, -0.1) is 0 Å². The molecule has 1 aromatic carbocycles. The molecule has 2 radical (unpaired) electrons. The van der Waals surface area contributed by atoms with E-state index in [2.05, 4.69) is 0 Å². The number of hydrogen-bond acceptors (Lipinski definition) is 3. The molecular weight excluding hydrogens is 291 g/mol. The Morgan fingerprint density at radius 1 is 1.17 bits per heavy atom. The molecule has 0 saturated heterocycles. The minimum Gasteiger partial charge on any atom is -0.744 e. The largest absolute Gasteiger partial charge is 1.00 e. The van der Waals surface area contributed by atoms with Crippen LogP contribution < -0.4 is 24.0 Å². The van der Waals surface area contributed by atoms with Crippen LogP contribution in [-0.2, 0) is 10.1 Å². The number of halogens is 1. The Morgan fingerprint density at radius 2 is 1.58 bits per heavy atom. The molecule has 0 N–H and O–H groups in total. The van der Waals surface area contributed by atoms with Gasteiger partial charge in [0.2, 0.25) is 0 Å². The Balaban J connectivity index is 0.00000121. The highest BCUT2D eigenvalue weighted by atomic mass is 127. The maximum atomic E-state index is 10.4. The van der Waals surface area contributed by atoms with Crippen molar-refractivity contribution in [1.29, 1.82) is 0 Å². The summed E-state index contributed by atoms with van der Waals surface area (Å²) in [7, 11) is -4.27. The van der Waals surface area contributed by atoms with Gasteiger partial charge >= 0.3 is 24.0 Å². The van der Waals surface area contributed by atoms with Gasteiger partial charge in [-0.2, -0.15) is 0 Å². The molecule has 1 rings (SSSR count). The summed E-state index contributed by atoms with van der Waals surface area (Å²) in [4.78, 5) is -0.178. The Hall–Kier alpha value is -0.140. The van der Waals surface area contributed by atoms with E-state index in [0.717, 1.165) is 5.56 Å². The van der Waals surface area contributed by atoms with Gasteiger partial charge in [0.25, 0.3) is 0 Å². The molecule has 0 aliphatic heterocycles. The highest BCUT2D eigenvalue weighted by Crippen LogP contribution is 2.08. The molecule has 12 heavy (non-hydrogen) atoms. The smallest absolute Gasteiger partial charge is 0.744 e. The molecule has 0 unspecified atom stereocenters. The molecule has 5 heteroatoms. The Morgan fingerprint density at radius 3 is 1.92 bits per heavy atom. The number of aryl methyl sites for hydroxylation is 1. The second-order valence-corrected chi connectivity index (χ2v) is 3.65. The summed E-state index contributed by atoms with van der Waals surface area (Å²) in [5.74, 6) is 0. The first-order valence-electron chi connectivity index (χ1n) is 3.03. The molecule has 0 bridgehead atoms. The van der Waals surface area contributed by atoms with Gasteiger partial charge in [0.05, 0.1) is 4.90 Å². The lowest BCUT2D eigenvalue weighted by molar-refractivity contribution is -0.00000666. The van der Waals surface area contributed by atoms with E-state index in [9.17, 15) is 13.0 Å². The average molecular weight is 298 g/mol. The van der Waals surface area contributed by atoms with E-state index in [0.29, 0.717) is 0 Å². The van der Waals surface area contributed by atoms with Crippen LogP contribution in [0.15, 0.2) is 29.2 Å². The van der Waals surface area contributed by atoms with Gasteiger partial charge in [0, 0.05) is 0 Å². The van der Waals surface area contributed by atoms with E-state index >= 15 is 0 Å². The van der Waals surface area contributed by atoms with E-state index in [1.54, 1.807) is 12.1 Å². The van der Waals surface area contributed by atoms with Crippen LogP contribution in [0.2, 0.25) is 0 Å². The summed E-state index contributed by atoms with van der Waals surface area (Å²) >= 11 is 0. The van der Waals surface area contributed by atoms with Crippen molar-refractivity contribution in [3.05, 3.63) is 29.8 Å². The summed E-state index contributed by atoms with van der Waals surface area (Å²) in [6, 6.07) is 5.78. The molecular formula is C7H7IO3S. The minimum absolute atomic E-state index is 0. The molecule has 0 amide bonds. The fourth-order valence-electron chi connectivity index (χ4n) is 0.705. The Kier molecular flexibility index (Phi) is 4.15. The maximum absolute atomic E-state index is 10.4. The fourth-order valence-corrected chi connectivity index (χ4v) is 1.17. The van der Waals surface area contributed by atoms with Gasteiger partial charge in [0.15, 0.2) is 0 Å². The summed E-state index contributed by atoms with van der Waals surface area (Å²) in [6.07, 6.45) is 0. The molecule has 1 aromatic rings. The van der Waals surface area contributed by atoms with Gasteiger partial charge in [0.1, 0.15) is 10.1 Å². The number of benzene rings is 1. The third-order valence-corrected chi connectivity index (χ3v) is 2.16. The summed E-state index contributed by atoms with van der Waals surface area (Å²) in [5.41, 5.74) is 0.928. The quantitative estimate of drug-likeness (QED) is 0.441. The summed E-state index contributed by atoms with van der Waals surface area (Å²) in [5, 5.41) is 0. The molecule has 0 heterocycles. The second-order valence-electron chi connectivity index (χ2n) is 2.27. The predicted octanol–water partition coefficient (Wildman–Crippen LogP) is -2.10. The van der Waals surface area contributed by atoms with E-state index in [1.165, 1.54) is 12.1 Å². The molecule has 0 aromatic heterocycles. The first-order chi connectivity index (χ1) is 5.00.